The summed E-state index contributed by atoms with van der Waals surface area (Å²) in [5, 5.41) is 0. The van der Waals surface area contributed by atoms with Gasteiger partial charge in [0.05, 0.1) is 6.26 Å². The summed E-state index contributed by atoms with van der Waals surface area (Å²) < 4.78 is 10.4. The smallest absolute Gasteiger partial charge is 0.342 e. The van der Waals surface area contributed by atoms with E-state index >= 15 is 0 Å². The van der Waals surface area contributed by atoms with Gasteiger partial charge in [0.1, 0.15) is 11.3 Å². The number of hydrogen-bond acceptors (Lipinski definition) is 4. The molecular formula is C18H22O4. The van der Waals surface area contributed by atoms with Crippen molar-refractivity contribution in [3.05, 3.63) is 23.7 Å². The van der Waals surface area contributed by atoms with Crippen LogP contribution < -0.4 is 0 Å². The molecule has 0 N–H and O–H groups in total. The highest BCUT2D eigenvalue weighted by Gasteiger charge is 2.54. The first-order chi connectivity index (χ1) is 10.6. The molecule has 5 rings (SSSR count). The van der Waals surface area contributed by atoms with E-state index in [4.69, 9.17) is 9.15 Å². The highest BCUT2D eigenvalue weighted by molar-refractivity contribution is 5.93. The van der Waals surface area contributed by atoms with Crippen LogP contribution >= 0.6 is 0 Å². The number of furan rings is 1. The molecule has 4 aliphatic rings. The van der Waals surface area contributed by atoms with Crippen molar-refractivity contribution in [3.63, 3.8) is 0 Å². The highest BCUT2D eigenvalue weighted by atomic mass is 16.5. The van der Waals surface area contributed by atoms with Crippen molar-refractivity contribution in [2.75, 3.05) is 6.61 Å². The third-order valence-corrected chi connectivity index (χ3v) is 6.04. The summed E-state index contributed by atoms with van der Waals surface area (Å²) in [5.74, 6) is 2.39. The molecule has 0 spiro atoms. The van der Waals surface area contributed by atoms with E-state index < -0.39 is 5.97 Å². The molecule has 0 saturated heterocycles. The van der Waals surface area contributed by atoms with Crippen molar-refractivity contribution in [2.45, 2.75) is 45.4 Å². The fraction of sp³-hybridized carbons (Fsp3) is 0.667. The van der Waals surface area contributed by atoms with Crippen LogP contribution in [0.5, 0.6) is 0 Å². The maximum absolute atomic E-state index is 12.8. The Balaban J connectivity index is 1.42. The van der Waals surface area contributed by atoms with E-state index in [0.29, 0.717) is 11.3 Å². The van der Waals surface area contributed by atoms with E-state index in [9.17, 15) is 9.59 Å². The van der Waals surface area contributed by atoms with Crippen LogP contribution in [0.3, 0.4) is 0 Å². The Kier molecular flexibility index (Phi) is 3.17. The Morgan fingerprint density at radius 1 is 1.18 bits per heavy atom. The number of aryl methyl sites for hydroxylation is 1. The summed E-state index contributed by atoms with van der Waals surface area (Å²) in [4.78, 5) is 24.8. The summed E-state index contributed by atoms with van der Waals surface area (Å²) in [6.45, 7) is 1.63. The molecule has 1 heterocycles. The van der Waals surface area contributed by atoms with Gasteiger partial charge in [0.15, 0.2) is 12.4 Å². The molecule has 0 atom stereocenters. The van der Waals surface area contributed by atoms with Crippen LogP contribution in [0.4, 0.5) is 0 Å². The molecule has 4 fully saturated rings. The van der Waals surface area contributed by atoms with Crippen molar-refractivity contribution in [2.24, 2.45) is 23.2 Å². The number of carbonyl (C=O) groups excluding carboxylic acids is 2. The number of hydrogen-bond donors (Lipinski definition) is 0. The minimum absolute atomic E-state index is 0.0877. The lowest BCUT2D eigenvalue weighted by Gasteiger charge is -2.55. The van der Waals surface area contributed by atoms with Crippen LogP contribution in [0.25, 0.3) is 0 Å². The van der Waals surface area contributed by atoms with Gasteiger partial charge in [-0.05, 0) is 69.3 Å². The predicted octanol–water partition coefficient (Wildman–Crippen LogP) is 3.53. The predicted molar refractivity (Wildman–Crippen MR) is 79.3 cm³/mol. The third-order valence-electron chi connectivity index (χ3n) is 6.04. The van der Waals surface area contributed by atoms with E-state index in [1.54, 1.807) is 13.0 Å². The zero-order valence-corrected chi connectivity index (χ0v) is 13.0. The lowest BCUT2D eigenvalue weighted by atomic mass is 9.48. The molecule has 1 aromatic heterocycles. The molecule has 4 saturated carbocycles. The minimum Gasteiger partial charge on any atom is -0.469 e. The van der Waals surface area contributed by atoms with Gasteiger partial charge >= 0.3 is 5.97 Å². The average Bonchev–Trinajstić information content (AvgIpc) is 2.89. The topological polar surface area (TPSA) is 56.5 Å². The molecule has 4 heteroatoms. The van der Waals surface area contributed by atoms with Gasteiger partial charge in [0, 0.05) is 5.41 Å². The first kappa shape index (κ1) is 14.0. The van der Waals surface area contributed by atoms with E-state index in [2.05, 4.69) is 0 Å². The fourth-order valence-electron chi connectivity index (χ4n) is 5.41. The van der Waals surface area contributed by atoms with E-state index in [0.717, 1.165) is 37.0 Å². The summed E-state index contributed by atoms with van der Waals surface area (Å²) in [6, 6.07) is 1.59. The monoisotopic (exact) mass is 302 g/mol. The van der Waals surface area contributed by atoms with Gasteiger partial charge in [-0.15, -0.1) is 0 Å². The fourth-order valence-corrected chi connectivity index (χ4v) is 5.41. The molecule has 118 valence electrons. The molecule has 0 aromatic carbocycles. The zero-order valence-electron chi connectivity index (χ0n) is 13.0. The maximum Gasteiger partial charge on any atom is 0.342 e. The van der Waals surface area contributed by atoms with Gasteiger partial charge in [0.2, 0.25) is 0 Å². The molecule has 0 radical (unpaired) electrons. The summed E-state index contributed by atoms with van der Waals surface area (Å²) in [7, 11) is 0. The molecule has 4 bridgehead atoms. The zero-order chi connectivity index (χ0) is 15.3. The average molecular weight is 302 g/mol. The Morgan fingerprint density at radius 3 is 2.27 bits per heavy atom. The highest BCUT2D eigenvalue weighted by Crippen LogP contribution is 2.60. The van der Waals surface area contributed by atoms with Gasteiger partial charge in [-0.3, -0.25) is 4.79 Å². The Morgan fingerprint density at radius 2 is 1.77 bits per heavy atom. The van der Waals surface area contributed by atoms with Crippen molar-refractivity contribution < 1.29 is 18.7 Å². The summed E-state index contributed by atoms with van der Waals surface area (Å²) in [6.07, 6.45) is 8.43. The third kappa shape index (κ3) is 2.20. The second-order valence-electron chi connectivity index (χ2n) is 7.59. The van der Waals surface area contributed by atoms with Gasteiger partial charge in [-0.2, -0.15) is 0 Å². The van der Waals surface area contributed by atoms with Crippen molar-refractivity contribution in [1.29, 1.82) is 0 Å². The Labute approximate surface area is 130 Å². The van der Waals surface area contributed by atoms with Crippen LogP contribution in [-0.2, 0) is 9.53 Å². The van der Waals surface area contributed by atoms with E-state index in [1.807, 2.05) is 0 Å². The molecule has 0 aliphatic heterocycles. The number of carbonyl (C=O) groups is 2. The molecule has 1 aromatic rings. The first-order valence-electron chi connectivity index (χ1n) is 8.30. The number of ether oxygens (including phenoxy) is 1. The Hall–Kier alpha value is -1.58. The SMILES string of the molecule is Cc1occc1C(=O)OCC(=O)C12CC3CC(CC(C3)C1)C2. The summed E-state index contributed by atoms with van der Waals surface area (Å²) >= 11 is 0. The molecular weight excluding hydrogens is 280 g/mol. The quantitative estimate of drug-likeness (QED) is 0.798. The maximum atomic E-state index is 12.8. The second kappa shape index (κ2) is 4.97. The molecule has 4 aliphatic carbocycles. The van der Waals surface area contributed by atoms with E-state index in [1.165, 1.54) is 25.5 Å². The molecule has 0 unspecified atom stereocenters. The van der Waals surface area contributed by atoms with Crippen molar-refractivity contribution in [3.8, 4) is 0 Å². The molecule has 22 heavy (non-hydrogen) atoms. The van der Waals surface area contributed by atoms with E-state index in [-0.39, 0.29) is 17.8 Å². The normalized spacial score (nSPS) is 35.6. The summed E-state index contributed by atoms with van der Waals surface area (Å²) in [5.41, 5.74) is 0.221. The Bertz CT molecular complexity index is 577. The number of esters is 1. The molecule has 4 nitrogen and oxygen atoms in total. The largest absolute Gasteiger partial charge is 0.469 e. The van der Waals surface area contributed by atoms with Gasteiger partial charge in [0.25, 0.3) is 0 Å². The first-order valence-corrected chi connectivity index (χ1v) is 8.30. The van der Waals surface area contributed by atoms with Gasteiger partial charge in [-0.1, -0.05) is 0 Å². The molecule has 0 amide bonds. The number of rotatable bonds is 4. The van der Waals surface area contributed by atoms with Crippen LogP contribution in [0, 0.1) is 30.1 Å². The number of Topliss-reactive ketones (excluding diaryl/α,β-unsaturated/α-hetero) is 1. The van der Waals surface area contributed by atoms with Crippen LogP contribution in [0.15, 0.2) is 16.7 Å². The van der Waals surface area contributed by atoms with Gasteiger partial charge < -0.3 is 9.15 Å². The van der Waals surface area contributed by atoms with Crippen molar-refractivity contribution >= 4 is 11.8 Å². The van der Waals surface area contributed by atoms with Gasteiger partial charge in [-0.25, -0.2) is 4.79 Å². The van der Waals surface area contributed by atoms with Crippen LogP contribution in [-0.4, -0.2) is 18.4 Å². The lowest BCUT2D eigenvalue weighted by molar-refractivity contribution is -0.147. The number of ketones is 1. The second-order valence-corrected chi connectivity index (χ2v) is 7.59. The minimum atomic E-state index is -0.454. The lowest BCUT2D eigenvalue weighted by Crippen LogP contribution is -2.51. The van der Waals surface area contributed by atoms with Crippen LogP contribution in [0.1, 0.15) is 54.6 Å². The van der Waals surface area contributed by atoms with Crippen molar-refractivity contribution in [1.82, 2.24) is 0 Å². The van der Waals surface area contributed by atoms with Crippen LogP contribution in [0.2, 0.25) is 0 Å². The standard InChI is InChI=1S/C18H22O4/c1-11-15(2-3-21-11)17(20)22-10-16(19)18-7-12-4-13(8-18)6-14(5-12)9-18/h2-3,12-14H,4-10H2,1H3.